The van der Waals surface area contributed by atoms with Crippen LogP contribution in [-0.4, -0.2) is 40.6 Å². The Hall–Kier alpha value is -2.21. The first-order valence-corrected chi connectivity index (χ1v) is 12.7. The van der Waals surface area contributed by atoms with Gasteiger partial charge in [-0.25, -0.2) is 16.8 Å². The number of benzene rings is 2. The van der Waals surface area contributed by atoms with Crippen molar-refractivity contribution in [2.24, 2.45) is 0 Å². The third-order valence-electron chi connectivity index (χ3n) is 4.76. The summed E-state index contributed by atoms with van der Waals surface area (Å²) in [6.07, 6.45) is 0. The highest BCUT2D eigenvalue weighted by molar-refractivity contribution is 7.91. The van der Waals surface area contributed by atoms with Gasteiger partial charge in [0.2, 0.25) is 5.91 Å². The van der Waals surface area contributed by atoms with Gasteiger partial charge in [0.05, 0.1) is 23.0 Å². The van der Waals surface area contributed by atoms with Crippen molar-refractivity contribution in [2.45, 2.75) is 36.9 Å². The summed E-state index contributed by atoms with van der Waals surface area (Å²) in [7, 11) is -8.51. The lowest BCUT2D eigenvalue weighted by molar-refractivity contribution is -0.114. The lowest BCUT2D eigenvalue weighted by Crippen LogP contribution is -2.28. The molecular formula is C19H22BNO7S2. The largest absolute Gasteiger partial charge is 0.491 e. The molecule has 0 atom stereocenters. The number of fused-ring (bicyclic) bond motifs is 1. The average molecular weight is 451 g/mol. The summed E-state index contributed by atoms with van der Waals surface area (Å²) in [4.78, 5) is 11.2. The molecule has 0 aromatic heterocycles. The van der Waals surface area contributed by atoms with Crippen LogP contribution >= 0.6 is 0 Å². The van der Waals surface area contributed by atoms with Gasteiger partial charge in [-0.1, -0.05) is 25.1 Å². The Bertz CT molecular complexity index is 1190. The second-order valence-electron chi connectivity index (χ2n) is 7.14. The minimum atomic E-state index is -3.90. The third kappa shape index (κ3) is 5.09. The quantitative estimate of drug-likeness (QED) is 0.596. The lowest BCUT2D eigenvalue weighted by atomic mass is 9.79. The molecule has 1 aliphatic heterocycles. The highest BCUT2D eigenvalue weighted by Crippen LogP contribution is 2.26. The molecule has 2 aromatic rings. The van der Waals surface area contributed by atoms with Gasteiger partial charge in [0.1, 0.15) is 0 Å². The smallest absolute Gasteiger partial charge is 0.423 e. The molecule has 3 rings (SSSR count). The molecule has 11 heteroatoms. The van der Waals surface area contributed by atoms with Crippen LogP contribution in [0.5, 0.6) is 0 Å². The minimum absolute atomic E-state index is 0.104. The van der Waals surface area contributed by atoms with E-state index >= 15 is 0 Å². The van der Waals surface area contributed by atoms with Crippen LogP contribution in [0.2, 0.25) is 0 Å². The predicted molar refractivity (Wildman–Crippen MR) is 114 cm³/mol. The van der Waals surface area contributed by atoms with E-state index in [1.807, 2.05) is 0 Å². The van der Waals surface area contributed by atoms with Crippen molar-refractivity contribution in [3.63, 3.8) is 0 Å². The van der Waals surface area contributed by atoms with E-state index in [-0.39, 0.29) is 34.5 Å². The summed E-state index contributed by atoms with van der Waals surface area (Å²) >= 11 is 0. The van der Waals surface area contributed by atoms with Crippen molar-refractivity contribution >= 4 is 43.9 Å². The second-order valence-corrected chi connectivity index (χ2v) is 11.4. The van der Waals surface area contributed by atoms with Gasteiger partial charge in [0.15, 0.2) is 19.7 Å². The van der Waals surface area contributed by atoms with Crippen molar-refractivity contribution in [1.82, 2.24) is 0 Å². The number of carbonyl (C=O) groups excluding carboxylic acids is 1. The van der Waals surface area contributed by atoms with Crippen LogP contribution in [-0.2, 0) is 47.2 Å². The zero-order valence-corrected chi connectivity index (χ0v) is 18.2. The molecule has 0 saturated carbocycles. The van der Waals surface area contributed by atoms with Crippen LogP contribution in [0.4, 0.5) is 5.69 Å². The van der Waals surface area contributed by atoms with Crippen LogP contribution in [0.1, 0.15) is 30.5 Å². The Morgan fingerprint density at radius 1 is 1.13 bits per heavy atom. The monoisotopic (exact) mass is 451 g/mol. The van der Waals surface area contributed by atoms with E-state index in [0.29, 0.717) is 16.7 Å². The highest BCUT2D eigenvalue weighted by Gasteiger charge is 2.29. The molecule has 0 bridgehead atoms. The molecule has 30 heavy (non-hydrogen) atoms. The molecule has 2 aromatic carbocycles. The zero-order valence-electron chi connectivity index (χ0n) is 16.6. The van der Waals surface area contributed by atoms with E-state index in [2.05, 4.69) is 5.32 Å². The number of amides is 1. The molecule has 1 aliphatic rings. The molecule has 0 aliphatic carbocycles. The van der Waals surface area contributed by atoms with E-state index in [4.69, 9.17) is 4.65 Å². The summed E-state index contributed by atoms with van der Waals surface area (Å²) in [5.41, 5.74) is 2.19. The molecule has 1 heterocycles. The second kappa shape index (κ2) is 8.50. The van der Waals surface area contributed by atoms with Crippen LogP contribution in [0.25, 0.3) is 0 Å². The summed E-state index contributed by atoms with van der Waals surface area (Å²) < 4.78 is 55.8. The lowest BCUT2D eigenvalue weighted by Gasteiger charge is -2.13. The minimum Gasteiger partial charge on any atom is -0.423 e. The maximum Gasteiger partial charge on any atom is 0.491 e. The van der Waals surface area contributed by atoms with Gasteiger partial charge in [0, 0.05) is 18.4 Å². The third-order valence-corrected chi connectivity index (χ3v) is 8.17. The molecule has 1 amide bonds. The zero-order chi connectivity index (χ0) is 22.1. The summed E-state index contributed by atoms with van der Waals surface area (Å²) in [5.74, 6) is -1.32. The number of rotatable bonds is 7. The summed E-state index contributed by atoms with van der Waals surface area (Å²) in [5, 5.41) is 12.4. The van der Waals surface area contributed by atoms with E-state index < -0.39 is 32.5 Å². The highest BCUT2D eigenvalue weighted by atomic mass is 32.2. The SMILES string of the molecule is CCS(=O)(=O)Cc1cc(NC(C)=O)ccc1S(=O)(=O)Cc1ccc2c(c1)B(O)OC2. The molecular weight excluding hydrogens is 429 g/mol. The van der Waals surface area contributed by atoms with Gasteiger partial charge in [-0.2, -0.15) is 0 Å². The fourth-order valence-electron chi connectivity index (χ4n) is 3.27. The van der Waals surface area contributed by atoms with E-state index in [1.54, 1.807) is 18.2 Å². The fourth-order valence-corrected chi connectivity index (χ4v) is 5.85. The van der Waals surface area contributed by atoms with E-state index in [1.165, 1.54) is 32.0 Å². The van der Waals surface area contributed by atoms with Crippen LogP contribution < -0.4 is 10.8 Å². The first kappa shape index (κ1) is 22.5. The van der Waals surface area contributed by atoms with Crippen LogP contribution in [0.15, 0.2) is 41.3 Å². The average Bonchev–Trinajstić information content (AvgIpc) is 3.01. The fraction of sp³-hybridized carbons (Fsp3) is 0.316. The molecule has 0 saturated heterocycles. The van der Waals surface area contributed by atoms with Gasteiger partial charge in [0.25, 0.3) is 0 Å². The first-order chi connectivity index (χ1) is 14.0. The maximum absolute atomic E-state index is 13.1. The number of hydrogen-bond donors (Lipinski definition) is 2. The number of anilines is 1. The Morgan fingerprint density at radius 3 is 2.53 bits per heavy atom. The molecule has 0 spiro atoms. The van der Waals surface area contributed by atoms with Crippen molar-refractivity contribution in [2.75, 3.05) is 11.1 Å². The molecule has 2 N–H and O–H groups in total. The summed E-state index contributed by atoms with van der Waals surface area (Å²) in [6, 6.07) is 9.05. The van der Waals surface area contributed by atoms with E-state index in [0.717, 1.165) is 5.56 Å². The molecule has 0 radical (unpaired) electrons. The van der Waals surface area contributed by atoms with Crippen LogP contribution in [0, 0.1) is 0 Å². The van der Waals surface area contributed by atoms with Crippen molar-refractivity contribution in [3.8, 4) is 0 Å². The van der Waals surface area contributed by atoms with Gasteiger partial charge >= 0.3 is 7.12 Å². The van der Waals surface area contributed by atoms with Crippen molar-refractivity contribution in [1.29, 1.82) is 0 Å². The van der Waals surface area contributed by atoms with Gasteiger partial charge in [-0.15, -0.1) is 0 Å². The van der Waals surface area contributed by atoms with E-state index in [9.17, 15) is 26.7 Å². The van der Waals surface area contributed by atoms with Gasteiger partial charge < -0.3 is 15.0 Å². The Kier molecular flexibility index (Phi) is 6.37. The van der Waals surface area contributed by atoms with Gasteiger partial charge in [-0.05, 0) is 40.4 Å². The number of carbonyl (C=O) groups is 1. The Morgan fingerprint density at radius 2 is 1.87 bits per heavy atom. The molecule has 160 valence electrons. The Balaban J connectivity index is 1.99. The first-order valence-electron chi connectivity index (χ1n) is 9.26. The Labute approximate surface area is 176 Å². The molecule has 8 nitrogen and oxygen atoms in total. The topological polar surface area (TPSA) is 127 Å². The standard InChI is InChI=1S/C19H22BNO7S2/c1-3-29(24,25)12-16-9-17(21-13(2)22)6-7-19(16)30(26,27)11-14-4-5-15-10-28-20(23)18(15)8-14/h4-9,23H,3,10-12H2,1-2H3,(H,21,22). The number of nitrogens with one attached hydrogen (secondary N) is 1. The van der Waals surface area contributed by atoms with Gasteiger partial charge in [-0.3, -0.25) is 4.79 Å². The number of hydrogen-bond acceptors (Lipinski definition) is 7. The van der Waals surface area contributed by atoms with Crippen molar-refractivity contribution in [3.05, 3.63) is 53.1 Å². The normalized spacial score (nSPS) is 13.9. The predicted octanol–water partition coefficient (Wildman–Crippen LogP) is 0.771. The molecule has 0 fully saturated rings. The van der Waals surface area contributed by atoms with Crippen molar-refractivity contribution < 1.29 is 31.3 Å². The van der Waals surface area contributed by atoms with Crippen LogP contribution in [0.3, 0.4) is 0 Å². The molecule has 0 unspecified atom stereocenters. The maximum atomic E-state index is 13.1. The summed E-state index contributed by atoms with van der Waals surface area (Å²) in [6.45, 7) is 3.05. The number of sulfone groups is 2.